The third-order valence-corrected chi connectivity index (χ3v) is 4.44. The molecule has 1 aromatic rings. The Bertz CT molecular complexity index is 687. The number of rotatable bonds is 2. The first-order valence-electron chi connectivity index (χ1n) is 8.50. The minimum atomic E-state index is -1.11. The zero-order chi connectivity index (χ0) is 19.2. The monoisotopic (exact) mass is 347 g/mol. The maximum absolute atomic E-state index is 12.0. The van der Waals surface area contributed by atoms with Crippen LogP contribution in [0.4, 0.5) is 0 Å². The number of ether oxygens (including phenoxy) is 2. The maximum Gasteiger partial charge on any atom is 0.351 e. The summed E-state index contributed by atoms with van der Waals surface area (Å²) in [7, 11) is 1.34. The summed E-state index contributed by atoms with van der Waals surface area (Å²) in [6.07, 6.45) is 0. The summed E-state index contributed by atoms with van der Waals surface area (Å²) in [4.78, 5) is 16.4. The van der Waals surface area contributed by atoms with Crippen molar-refractivity contribution in [2.75, 3.05) is 13.7 Å². The second-order valence-corrected chi connectivity index (χ2v) is 8.87. The van der Waals surface area contributed by atoms with Crippen LogP contribution in [0, 0.1) is 0 Å². The van der Waals surface area contributed by atoms with Gasteiger partial charge in [-0.2, -0.15) is 0 Å². The van der Waals surface area contributed by atoms with Crippen LogP contribution in [0.3, 0.4) is 0 Å². The fourth-order valence-corrected chi connectivity index (χ4v) is 2.87. The highest BCUT2D eigenvalue weighted by molar-refractivity contribution is 5.99. The van der Waals surface area contributed by atoms with Crippen molar-refractivity contribution < 1.29 is 19.4 Å². The van der Waals surface area contributed by atoms with Crippen molar-refractivity contribution in [3.05, 3.63) is 28.8 Å². The number of esters is 1. The Balaban J connectivity index is 2.55. The molecule has 0 fully saturated rings. The Morgan fingerprint density at radius 3 is 2.04 bits per heavy atom. The van der Waals surface area contributed by atoms with Crippen molar-refractivity contribution in [1.29, 1.82) is 0 Å². The highest BCUT2D eigenvalue weighted by Gasteiger charge is 2.42. The lowest BCUT2D eigenvalue weighted by Gasteiger charge is -2.28. The Labute approximate surface area is 150 Å². The summed E-state index contributed by atoms with van der Waals surface area (Å²) in [5.41, 5.74) is 0.822. The zero-order valence-corrected chi connectivity index (χ0v) is 16.5. The van der Waals surface area contributed by atoms with E-state index < -0.39 is 11.6 Å². The Hall–Kier alpha value is -2.04. The molecule has 0 spiro atoms. The van der Waals surface area contributed by atoms with Crippen LogP contribution in [0.1, 0.15) is 65.2 Å². The van der Waals surface area contributed by atoms with Crippen LogP contribution in [0.5, 0.6) is 5.75 Å². The van der Waals surface area contributed by atoms with E-state index in [4.69, 9.17) is 9.47 Å². The largest absolute Gasteiger partial charge is 0.507 e. The number of carbonyl (C=O) groups is 1. The SMILES string of the molecule is COC(=O)C1(C)CN=C(c2cc(C(C)(C)C)c(O)c(C(C)(C)C)c2)O1. The summed E-state index contributed by atoms with van der Waals surface area (Å²) < 4.78 is 10.7. The predicted molar refractivity (Wildman–Crippen MR) is 98.4 cm³/mol. The molecule has 0 aromatic heterocycles. The second-order valence-electron chi connectivity index (χ2n) is 8.87. The van der Waals surface area contributed by atoms with Gasteiger partial charge in [0.15, 0.2) is 0 Å². The number of hydrogen-bond donors (Lipinski definition) is 1. The van der Waals surface area contributed by atoms with Crippen LogP contribution >= 0.6 is 0 Å². The number of methoxy groups -OCH3 is 1. The summed E-state index contributed by atoms with van der Waals surface area (Å²) in [6.45, 7) is 14.2. The van der Waals surface area contributed by atoms with Gasteiger partial charge < -0.3 is 14.6 Å². The van der Waals surface area contributed by atoms with Crippen LogP contribution in [0.15, 0.2) is 17.1 Å². The standard InChI is InChI=1S/C20H29NO4/c1-18(2,3)13-9-12(10-14(15(13)22)19(4,5)6)16-21-11-20(7,25-16)17(23)24-8/h9-10,22H,11H2,1-8H3. The molecule has 0 amide bonds. The lowest BCUT2D eigenvalue weighted by atomic mass is 9.78. The van der Waals surface area contributed by atoms with Gasteiger partial charge in [0.05, 0.1) is 13.7 Å². The first-order chi connectivity index (χ1) is 11.3. The molecule has 1 aliphatic heterocycles. The number of carbonyl (C=O) groups excluding carboxylic acids is 1. The molecule has 5 nitrogen and oxygen atoms in total. The van der Waals surface area contributed by atoms with Gasteiger partial charge in [-0.3, -0.25) is 0 Å². The normalized spacial score (nSPS) is 20.9. The molecular formula is C20H29NO4. The molecule has 0 radical (unpaired) electrons. The molecule has 1 aliphatic rings. The molecule has 1 N–H and O–H groups in total. The van der Waals surface area contributed by atoms with Gasteiger partial charge in [-0.1, -0.05) is 41.5 Å². The molecule has 1 unspecified atom stereocenters. The van der Waals surface area contributed by atoms with Gasteiger partial charge in [0.25, 0.3) is 0 Å². The van der Waals surface area contributed by atoms with E-state index in [9.17, 15) is 9.90 Å². The van der Waals surface area contributed by atoms with Gasteiger partial charge in [0, 0.05) is 16.7 Å². The van der Waals surface area contributed by atoms with Crippen LogP contribution in [-0.4, -0.2) is 36.2 Å². The van der Waals surface area contributed by atoms with Crippen LogP contribution in [0.25, 0.3) is 0 Å². The van der Waals surface area contributed by atoms with Gasteiger partial charge in [0.2, 0.25) is 11.5 Å². The first kappa shape index (κ1) is 19.3. The molecule has 1 aromatic carbocycles. The minimum Gasteiger partial charge on any atom is -0.507 e. The molecule has 0 aliphatic carbocycles. The van der Waals surface area contributed by atoms with Gasteiger partial charge >= 0.3 is 5.97 Å². The van der Waals surface area contributed by atoms with Crippen molar-refractivity contribution in [1.82, 2.24) is 0 Å². The average molecular weight is 347 g/mol. The maximum atomic E-state index is 12.0. The molecule has 0 saturated carbocycles. The highest BCUT2D eigenvalue weighted by Crippen LogP contribution is 2.40. The van der Waals surface area contributed by atoms with Crippen LogP contribution < -0.4 is 0 Å². The Kier molecular flexibility index (Phi) is 4.66. The van der Waals surface area contributed by atoms with Crippen molar-refractivity contribution in [2.24, 2.45) is 4.99 Å². The highest BCUT2D eigenvalue weighted by atomic mass is 16.6. The lowest BCUT2D eigenvalue weighted by Crippen LogP contribution is -2.40. The second kappa shape index (κ2) is 6.04. The molecule has 5 heteroatoms. The van der Waals surface area contributed by atoms with Gasteiger partial charge in [-0.25, -0.2) is 9.79 Å². The summed E-state index contributed by atoms with van der Waals surface area (Å²) >= 11 is 0. The van der Waals surface area contributed by atoms with Crippen molar-refractivity contribution in [2.45, 2.75) is 64.9 Å². The number of hydrogen-bond acceptors (Lipinski definition) is 5. The number of benzene rings is 1. The molecule has 138 valence electrons. The minimum absolute atomic E-state index is 0.214. The number of aliphatic imine (C=N–C) groups is 1. The van der Waals surface area contributed by atoms with Crippen molar-refractivity contribution in [3.8, 4) is 5.75 Å². The Morgan fingerprint density at radius 1 is 1.16 bits per heavy atom. The lowest BCUT2D eigenvalue weighted by molar-refractivity contribution is -0.156. The number of nitrogens with zero attached hydrogens (tertiary/aromatic N) is 1. The van der Waals surface area contributed by atoms with Crippen LogP contribution in [-0.2, 0) is 25.1 Å². The molecular weight excluding hydrogens is 318 g/mol. The van der Waals surface area contributed by atoms with E-state index in [0.717, 1.165) is 16.7 Å². The topological polar surface area (TPSA) is 68.1 Å². The van der Waals surface area contributed by atoms with Gasteiger partial charge in [0.1, 0.15) is 5.75 Å². The fourth-order valence-electron chi connectivity index (χ4n) is 2.87. The van der Waals surface area contributed by atoms with E-state index in [1.165, 1.54) is 7.11 Å². The van der Waals surface area contributed by atoms with E-state index in [0.29, 0.717) is 11.6 Å². The first-order valence-corrected chi connectivity index (χ1v) is 8.50. The average Bonchev–Trinajstić information content (AvgIpc) is 2.88. The van der Waals surface area contributed by atoms with Crippen molar-refractivity contribution >= 4 is 11.9 Å². The van der Waals surface area contributed by atoms with Crippen LogP contribution in [0.2, 0.25) is 0 Å². The number of phenolic OH excluding ortho intramolecular Hbond substituents is 1. The summed E-state index contributed by atoms with van der Waals surface area (Å²) in [6, 6.07) is 3.79. The van der Waals surface area contributed by atoms with Crippen molar-refractivity contribution in [3.63, 3.8) is 0 Å². The molecule has 0 saturated heterocycles. The summed E-state index contributed by atoms with van der Waals surface area (Å²) in [5, 5.41) is 10.8. The fraction of sp³-hybridized carbons (Fsp3) is 0.600. The molecule has 0 bridgehead atoms. The van der Waals surface area contributed by atoms with E-state index in [1.54, 1.807) is 6.92 Å². The zero-order valence-electron chi connectivity index (χ0n) is 16.5. The molecule has 25 heavy (non-hydrogen) atoms. The molecule has 1 heterocycles. The number of aromatic hydroxyl groups is 1. The van der Waals surface area contributed by atoms with E-state index in [2.05, 4.69) is 4.99 Å². The third kappa shape index (κ3) is 3.65. The van der Waals surface area contributed by atoms with E-state index in [1.807, 2.05) is 53.7 Å². The predicted octanol–water partition coefficient (Wildman–Crippen LogP) is 3.70. The van der Waals surface area contributed by atoms with E-state index >= 15 is 0 Å². The quantitative estimate of drug-likeness (QED) is 0.828. The Morgan fingerprint density at radius 2 is 1.64 bits per heavy atom. The summed E-state index contributed by atoms with van der Waals surface area (Å²) in [5.74, 6) is 0.263. The number of phenols is 1. The molecule has 1 atom stereocenters. The smallest absolute Gasteiger partial charge is 0.351 e. The third-order valence-electron chi connectivity index (χ3n) is 4.44. The van der Waals surface area contributed by atoms with Gasteiger partial charge in [-0.15, -0.1) is 0 Å². The van der Waals surface area contributed by atoms with E-state index in [-0.39, 0.29) is 17.4 Å². The molecule has 2 rings (SSSR count). The van der Waals surface area contributed by atoms with Gasteiger partial charge in [-0.05, 0) is 29.9 Å².